The second kappa shape index (κ2) is 17.3. The first-order chi connectivity index (χ1) is 19.9. The Morgan fingerprint density at radius 2 is 1.71 bits per heavy atom. The third-order valence-corrected chi connectivity index (χ3v) is 7.58. The van der Waals surface area contributed by atoms with Gasteiger partial charge >= 0.3 is 6.09 Å². The van der Waals surface area contributed by atoms with Crippen LogP contribution in [0.4, 0.5) is 10.5 Å². The second-order valence-electron chi connectivity index (χ2n) is 11.3. The molecule has 0 fully saturated rings. The number of amides is 3. The Bertz CT molecular complexity index is 1150. The number of benzene rings is 2. The van der Waals surface area contributed by atoms with Crippen LogP contribution in [0, 0.1) is 6.92 Å². The summed E-state index contributed by atoms with van der Waals surface area (Å²) in [5.41, 5.74) is 1.03. The number of anilines is 1. The molecule has 0 aromatic heterocycles. The van der Waals surface area contributed by atoms with Crippen LogP contribution in [-0.2, 0) is 14.3 Å². The van der Waals surface area contributed by atoms with E-state index < -0.39 is 29.7 Å². The van der Waals surface area contributed by atoms with Gasteiger partial charge in [-0.1, -0.05) is 68.5 Å². The quantitative estimate of drug-likeness (QED) is 0.178. The van der Waals surface area contributed by atoms with Crippen LogP contribution in [0.3, 0.4) is 0 Å². The van der Waals surface area contributed by atoms with Gasteiger partial charge < -0.3 is 25.4 Å². The van der Waals surface area contributed by atoms with Gasteiger partial charge in [-0.2, -0.15) is 11.8 Å². The highest BCUT2D eigenvalue weighted by molar-refractivity contribution is 7.98. The maximum atomic E-state index is 14.3. The Balaban J connectivity index is 2.54. The summed E-state index contributed by atoms with van der Waals surface area (Å²) in [4.78, 5) is 42.8. The molecule has 0 radical (unpaired) electrons. The van der Waals surface area contributed by atoms with Gasteiger partial charge in [0.2, 0.25) is 5.91 Å². The molecule has 0 saturated heterocycles. The molecule has 3 amide bonds. The number of phenols is 1. The number of nitrogens with one attached hydrogen (secondary N) is 2. The minimum Gasteiger partial charge on any atom is -0.508 e. The number of hydrogen-bond acceptors (Lipinski definition) is 6. The molecule has 0 heterocycles. The molecule has 2 rings (SSSR count). The molecule has 0 aliphatic rings. The monoisotopic (exact) mass is 619 g/mol. The first-order valence-electron chi connectivity index (χ1n) is 14.5. The van der Waals surface area contributed by atoms with Gasteiger partial charge in [-0.05, 0) is 81.9 Å². The summed E-state index contributed by atoms with van der Waals surface area (Å²) in [6.07, 6.45) is 6.34. The number of thioether (sulfide) groups is 1. The van der Waals surface area contributed by atoms with Crippen LogP contribution in [0.25, 0.3) is 0 Å². The second-order valence-corrected chi connectivity index (χ2v) is 12.7. The zero-order valence-electron chi connectivity index (χ0n) is 25.7. The summed E-state index contributed by atoms with van der Waals surface area (Å²) in [6, 6.07) is 9.64. The molecule has 2 unspecified atom stereocenters. The number of hydrogen-bond donors (Lipinski definition) is 3. The third kappa shape index (κ3) is 11.4. The van der Waals surface area contributed by atoms with Gasteiger partial charge in [0.15, 0.2) is 0 Å². The van der Waals surface area contributed by atoms with Crippen LogP contribution in [0.15, 0.2) is 42.5 Å². The van der Waals surface area contributed by atoms with Gasteiger partial charge in [-0.3, -0.25) is 9.59 Å². The molecule has 232 valence electrons. The van der Waals surface area contributed by atoms with Gasteiger partial charge in [0.25, 0.3) is 5.91 Å². The Labute approximate surface area is 259 Å². The van der Waals surface area contributed by atoms with Crippen molar-refractivity contribution in [3.8, 4) is 5.75 Å². The molecule has 0 bridgehead atoms. The zero-order valence-corrected chi connectivity index (χ0v) is 27.2. The highest BCUT2D eigenvalue weighted by atomic mass is 35.5. The largest absolute Gasteiger partial charge is 0.508 e. The van der Waals surface area contributed by atoms with E-state index in [0.717, 1.165) is 31.2 Å². The fourth-order valence-corrected chi connectivity index (χ4v) is 5.25. The summed E-state index contributed by atoms with van der Waals surface area (Å²) in [5, 5.41) is 16.1. The van der Waals surface area contributed by atoms with Crippen molar-refractivity contribution in [1.29, 1.82) is 0 Å². The number of ether oxygens (including phenoxy) is 1. The van der Waals surface area contributed by atoms with Crippen LogP contribution in [0.2, 0.25) is 5.02 Å². The van der Waals surface area contributed by atoms with E-state index in [0.29, 0.717) is 41.4 Å². The predicted octanol–water partition coefficient (Wildman–Crippen LogP) is 7.48. The lowest BCUT2D eigenvalue weighted by Crippen LogP contribution is -2.52. The topological polar surface area (TPSA) is 108 Å². The normalized spacial score (nSPS) is 12.7. The minimum atomic E-state index is -1.04. The molecule has 2 aromatic rings. The number of nitrogens with zero attached hydrogens (tertiary/aromatic N) is 1. The maximum Gasteiger partial charge on any atom is 0.408 e. The number of carbonyl (C=O) groups excluding carboxylic acids is 3. The molecule has 0 aliphatic carbocycles. The van der Waals surface area contributed by atoms with E-state index >= 15 is 0 Å². The molecular weight excluding hydrogens is 574 g/mol. The molecule has 3 N–H and O–H groups in total. The molecule has 0 aliphatic heterocycles. The van der Waals surface area contributed by atoms with Crippen molar-refractivity contribution in [3.05, 3.63) is 58.6 Å². The summed E-state index contributed by atoms with van der Waals surface area (Å²) in [7, 11) is 0. The SMILES string of the molecule is CCCCCCCN(C(=O)C(CCSC)NC(=O)OC(C)(C)C)C(C(=O)Nc1c(C)cccc1Cl)c1ccc(O)cc1. The van der Waals surface area contributed by atoms with E-state index in [1.807, 2.05) is 19.2 Å². The van der Waals surface area contributed by atoms with Crippen molar-refractivity contribution in [1.82, 2.24) is 10.2 Å². The Hall–Kier alpha value is -2.91. The fourth-order valence-electron chi connectivity index (χ4n) is 4.51. The van der Waals surface area contributed by atoms with Crippen molar-refractivity contribution in [2.45, 2.75) is 90.8 Å². The van der Waals surface area contributed by atoms with E-state index in [1.54, 1.807) is 61.7 Å². The fraction of sp³-hybridized carbons (Fsp3) is 0.531. The average molecular weight is 620 g/mol. The number of alkyl carbamates (subject to hydrolysis) is 1. The van der Waals surface area contributed by atoms with E-state index in [2.05, 4.69) is 17.6 Å². The number of para-hydroxylation sites is 1. The number of aromatic hydroxyl groups is 1. The van der Waals surface area contributed by atoms with Crippen LogP contribution >= 0.6 is 23.4 Å². The van der Waals surface area contributed by atoms with Crippen LogP contribution in [0.5, 0.6) is 5.75 Å². The Morgan fingerprint density at radius 3 is 2.31 bits per heavy atom. The van der Waals surface area contributed by atoms with Gasteiger partial charge in [0, 0.05) is 6.54 Å². The van der Waals surface area contributed by atoms with E-state index in [9.17, 15) is 19.5 Å². The summed E-state index contributed by atoms with van der Waals surface area (Å²) in [6.45, 7) is 9.56. The van der Waals surface area contributed by atoms with E-state index in [4.69, 9.17) is 16.3 Å². The minimum absolute atomic E-state index is 0.0433. The molecule has 2 atom stereocenters. The summed E-state index contributed by atoms with van der Waals surface area (Å²) < 4.78 is 5.47. The molecule has 8 nitrogen and oxygen atoms in total. The van der Waals surface area contributed by atoms with Gasteiger partial charge in [-0.15, -0.1) is 0 Å². The number of phenolic OH excluding ortho intramolecular Hbond substituents is 1. The lowest BCUT2D eigenvalue weighted by molar-refractivity contribution is -0.141. The standard InChI is InChI=1S/C32H46ClN3O5S/c1-7-8-9-10-11-20-36(30(39)26(19-21-42-6)34-31(40)41-32(3,4)5)28(23-15-17-24(37)18-16-23)29(38)35-27-22(2)13-12-14-25(27)33/h12-18,26,28,37H,7-11,19-21H2,1-6H3,(H,34,40)(H,35,38). The third-order valence-electron chi connectivity index (χ3n) is 6.62. The van der Waals surface area contributed by atoms with Gasteiger partial charge in [-0.25, -0.2) is 4.79 Å². The zero-order chi connectivity index (χ0) is 31.3. The molecule has 2 aromatic carbocycles. The smallest absolute Gasteiger partial charge is 0.408 e. The van der Waals surface area contributed by atoms with Gasteiger partial charge in [0.05, 0.1) is 10.7 Å². The molecule has 10 heteroatoms. The van der Waals surface area contributed by atoms with Crippen molar-refractivity contribution in [2.75, 3.05) is 23.9 Å². The lowest BCUT2D eigenvalue weighted by atomic mass is 10.0. The molecule has 0 saturated carbocycles. The van der Waals surface area contributed by atoms with E-state index in [-0.39, 0.29) is 11.7 Å². The van der Waals surface area contributed by atoms with Crippen LogP contribution < -0.4 is 10.6 Å². The predicted molar refractivity (Wildman–Crippen MR) is 172 cm³/mol. The lowest BCUT2D eigenvalue weighted by Gasteiger charge is -2.35. The Kier molecular flexibility index (Phi) is 14.5. The van der Waals surface area contributed by atoms with Crippen LogP contribution in [0.1, 0.15) is 83.4 Å². The van der Waals surface area contributed by atoms with Crippen molar-refractivity contribution in [2.24, 2.45) is 0 Å². The molecule has 42 heavy (non-hydrogen) atoms. The van der Waals surface area contributed by atoms with Crippen molar-refractivity contribution < 1.29 is 24.2 Å². The molecule has 0 spiro atoms. The highest BCUT2D eigenvalue weighted by Crippen LogP contribution is 2.30. The average Bonchev–Trinajstić information content (AvgIpc) is 2.91. The van der Waals surface area contributed by atoms with Crippen molar-refractivity contribution >= 4 is 47.0 Å². The Morgan fingerprint density at radius 1 is 1.05 bits per heavy atom. The first kappa shape index (κ1) is 35.3. The maximum absolute atomic E-state index is 14.3. The van der Waals surface area contributed by atoms with E-state index in [1.165, 1.54) is 12.1 Å². The molecular formula is C32H46ClN3O5S. The highest BCUT2D eigenvalue weighted by Gasteiger charge is 2.36. The van der Waals surface area contributed by atoms with Crippen molar-refractivity contribution in [3.63, 3.8) is 0 Å². The number of rotatable bonds is 15. The van der Waals surface area contributed by atoms with Gasteiger partial charge in [0.1, 0.15) is 23.4 Å². The number of halogens is 1. The number of carbonyl (C=O) groups is 3. The number of unbranched alkanes of at least 4 members (excludes halogenated alkanes) is 4. The first-order valence-corrected chi connectivity index (χ1v) is 16.3. The number of aryl methyl sites for hydroxylation is 1. The summed E-state index contributed by atoms with van der Waals surface area (Å²) in [5.74, 6) is -0.165. The van der Waals surface area contributed by atoms with Crippen LogP contribution in [-0.4, -0.2) is 58.1 Å². The summed E-state index contributed by atoms with van der Waals surface area (Å²) >= 11 is 8.00.